The number of anilines is 2. The number of hydrogen-bond acceptors (Lipinski definition) is 5. The molecule has 0 aliphatic carbocycles. The number of para-hydroxylation sites is 1. The molecule has 23 heavy (non-hydrogen) atoms. The number of aromatic carboxylic acids is 1. The maximum atomic E-state index is 12.1. The van der Waals surface area contributed by atoms with Gasteiger partial charge in [-0.05, 0) is 12.1 Å². The van der Waals surface area contributed by atoms with Gasteiger partial charge in [0.25, 0.3) is 0 Å². The molecule has 0 bridgehead atoms. The molecule has 1 aliphatic heterocycles. The van der Waals surface area contributed by atoms with E-state index in [-0.39, 0.29) is 23.3 Å². The monoisotopic (exact) mass is 312 g/mol. The number of aromatic nitrogens is 2. The Morgan fingerprint density at radius 1 is 1.26 bits per heavy atom. The lowest BCUT2D eigenvalue weighted by Crippen LogP contribution is -2.25. The Kier molecular flexibility index (Phi) is 4.18. The fraction of sp³-hybridized carbons (Fsp3) is 0.250. The number of rotatable bonds is 5. The van der Waals surface area contributed by atoms with Crippen molar-refractivity contribution in [2.75, 3.05) is 23.3 Å². The first-order valence-corrected chi connectivity index (χ1v) is 7.28. The summed E-state index contributed by atoms with van der Waals surface area (Å²) in [6.45, 7) is 1.06. The van der Waals surface area contributed by atoms with Gasteiger partial charge in [-0.2, -0.15) is 0 Å². The van der Waals surface area contributed by atoms with E-state index >= 15 is 0 Å². The predicted molar refractivity (Wildman–Crippen MR) is 84.4 cm³/mol. The van der Waals surface area contributed by atoms with Gasteiger partial charge in [0.2, 0.25) is 5.91 Å². The van der Waals surface area contributed by atoms with Gasteiger partial charge < -0.3 is 15.3 Å². The minimum atomic E-state index is -1.13. The van der Waals surface area contributed by atoms with Crippen LogP contribution in [0.5, 0.6) is 0 Å². The summed E-state index contributed by atoms with van der Waals surface area (Å²) in [6.07, 6.45) is 3.19. The van der Waals surface area contributed by atoms with Crippen LogP contribution in [-0.4, -0.2) is 40.0 Å². The number of benzene rings is 1. The fourth-order valence-electron chi connectivity index (χ4n) is 2.64. The highest BCUT2D eigenvalue weighted by molar-refractivity contribution is 5.95. The summed E-state index contributed by atoms with van der Waals surface area (Å²) >= 11 is 0. The predicted octanol–water partition coefficient (Wildman–Crippen LogP) is 1.64. The Hall–Kier alpha value is -2.96. The lowest BCUT2D eigenvalue weighted by Gasteiger charge is -2.17. The van der Waals surface area contributed by atoms with E-state index in [1.165, 1.54) is 12.4 Å². The first-order valence-electron chi connectivity index (χ1n) is 7.28. The molecule has 1 amide bonds. The highest BCUT2D eigenvalue weighted by Gasteiger charge is 2.30. The lowest BCUT2D eigenvalue weighted by atomic mass is 10.1. The zero-order valence-corrected chi connectivity index (χ0v) is 12.3. The van der Waals surface area contributed by atoms with Gasteiger partial charge in [-0.3, -0.25) is 4.79 Å². The highest BCUT2D eigenvalue weighted by atomic mass is 16.4. The molecule has 2 N–H and O–H groups in total. The molecule has 1 atom stereocenters. The van der Waals surface area contributed by atoms with Crippen molar-refractivity contribution in [2.24, 2.45) is 5.92 Å². The first-order chi connectivity index (χ1) is 11.1. The van der Waals surface area contributed by atoms with Crippen LogP contribution in [0.3, 0.4) is 0 Å². The third-order valence-electron chi connectivity index (χ3n) is 3.73. The Bertz CT molecular complexity index is 720. The lowest BCUT2D eigenvalue weighted by molar-refractivity contribution is -0.117. The van der Waals surface area contributed by atoms with E-state index in [1.807, 2.05) is 30.3 Å². The van der Waals surface area contributed by atoms with Crippen molar-refractivity contribution >= 4 is 23.4 Å². The van der Waals surface area contributed by atoms with Gasteiger partial charge in [-0.1, -0.05) is 18.2 Å². The van der Waals surface area contributed by atoms with Gasteiger partial charge in [0.05, 0.1) is 0 Å². The minimum absolute atomic E-state index is 0.0700. The second-order valence-corrected chi connectivity index (χ2v) is 5.35. The number of nitrogens with zero attached hydrogens (tertiary/aromatic N) is 3. The van der Waals surface area contributed by atoms with E-state index in [9.17, 15) is 9.59 Å². The quantitative estimate of drug-likeness (QED) is 0.871. The van der Waals surface area contributed by atoms with Gasteiger partial charge >= 0.3 is 5.97 Å². The minimum Gasteiger partial charge on any atom is -0.476 e. The van der Waals surface area contributed by atoms with Gasteiger partial charge in [0.15, 0.2) is 11.5 Å². The summed E-state index contributed by atoms with van der Waals surface area (Å²) in [7, 11) is 0. The molecule has 1 aromatic carbocycles. The number of carbonyl (C=O) groups excluding carboxylic acids is 1. The fourth-order valence-corrected chi connectivity index (χ4v) is 2.64. The first kappa shape index (κ1) is 15.0. The molecule has 1 aromatic heterocycles. The maximum absolute atomic E-state index is 12.1. The molecule has 7 nitrogen and oxygen atoms in total. The van der Waals surface area contributed by atoms with Crippen LogP contribution in [-0.2, 0) is 4.79 Å². The average Bonchev–Trinajstić information content (AvgIpc) is 2.95. The van der Waals surface area contributed by atoms with Gasteiger partial charge in [-0.15, -0.1) is 0 Å². The summed E-state index contributed by atoms with van der Waals surface area (Å²) in [5.41, 5.74) is 0.766. The molecule has 1 unspecified atom stereocenters. The van der Waals surface area contributed by atoms with E-state index in [0.29, 0.717) is 19.5 Å². The summed E-state index contributed by atoms with van der Waals surface area (Å²) < 4.78 is 0. The zero-order valence-electron chi connectivity index (χ0n) is 12.3. The maximum Gasteiger partial charge on any atom is 0.358 e. The second-order valence-electron chi connectivity index (χ2n) is 5.35. The number of carbonyl (C=O) groups is 2. The average molecular weight is 312 g/mol. The molecule has 2 heterocycles. The van der Waals surface area contributed by atoms with Crippen molar-refractivity contribution in [1.82, 2.24) is 9.97 Å². The smallest absolute Gasteiger partial charge is 0.358 e. The van der Waals surface area contributed by atoms with E-state index < -0.39 is 5.97 Å². The second kappa shape index (κ2) is 6.43. The molecular formula is C16H16N4O3. The summed E-state index contributed by atoms with van der Waals surface area (Å²) in [5.74, 6) is -0.744. The van der Waals surface area contributed by atoms with Gasteiger partial charge in [0.1, 0.15) is 0 Å². The van der Waals surface area contributed by atoms with Crippen LogP contribution in [0, 0.1) is 5.92 Å². The number of carboxylic acids is 1. The topological polar surface area (TPSA) is 95.4 Å². The molecule has 1 fully saturated rings. The molecule has 1 saturated heterocycles. The van der Waals surface area contributed by atoms with Crippen LogP contribution >= 0.6 is 0 Å². The molecule has 0 spiro atoms. The van der Waals surface area contributed by atoms with E-state index in [0.717, 1.165) is 5.69 Å². The number of nitrogens with one attached hydrogen (secondary N) is 1. The Balaban J connectivity index is 1.65. The van der Waals surface area contributed by atoms with Crippen LogP contribution < -0.4 is 10.2 Å². The van der Waals surface area contributed by atoms with Crippen molar-refractivity contribution in [3.63, 3.8) is 0 Å². The van der Waals surface area contributed by atoms with Crippen LogP contribution in [0.2, 0.25) is 0 Å². The number of hydrogen-bond donors (Lipinski definition) is 2. The van der Waals surface area contributed by atoms with Crippen molar-refractivity contribution in [3.8, 4) is 0 Å². The van der Waals surface area contributed by atoms with Crippen LogP contribution in [0.4, 0.5) is 11.5 Å². The zero-order chi connectivity index (χ0) is 16.2. The highest BCUT2D eigenvalue weighted by Crippen LogP contribution is 2.25. The van der Waals surface area contributed by atoms with Crippen molar-refractivity contribution in [1.29, 1.82) is 0 Å². The largest absolute Gasteiger partial charge is 0.476 e. The Morgan fingerprint density at radius 2 is 2.00 bits per heavy atom. The SMILES string of the molecule is O=C(O)c1nccnc1NCC1CC(=O)N(c2ccccc2)C1. The number of amides is 1. The molecule has 1 aliphatic rings. The Labute approximate surface area is 133 Å². The number of carboxylic acid groups (broad SMARTS) is 1. The van der Waals surface area contributed by atoms with Crippen LogP contribution in [0.1, 0.15) is 16.9 Å². The standard InChI is InChI=1S/C16H16N4O3/c21-13-8-11(10-20(13)12-4-2-1-3-5-12)9-19-15-14(16(22)23)17-6-7-18-15/h1-7,11H,8-10H2,(H,18,19)(H,22,23). The van der Waals surface area contributed by atoms with E-state index in [4.69, 9.17) is 5.11 Å². The summed E-state index contributed by atoms with van der Waals surface area (Å²) in [5, 5.41) is 12.1. The van der Waals surface area contributed by atoms with Crippen LogP contribution in [0.25, 0.3) is 0 Å². The normalized spacial score (nSPS) is 17.3. The summed E-state index contributed by atoms with van der Waals surface area (Å²) in [4.78, 5) is 32.8. The van der Waals surface area contributed by atoms with E-state index in [1.54, 1.807) is 4.90 Å². The summed E-state index contributed by atoms with van der Waals surface area (Å²) in [6, 6.07) is 9.50. The van der Waals surface area contributed by atoms with Crippen LogP contribution in [0.15, 0.2) is 42.7 Å². The van der Waals surface area contributed by atoms with Crippen molar-refractivity contribution < 1.29 is 14.7 Å². The Morgan fingerprint density at radius 3 is 2.74 bits per heavy atom. The molecule has 0 radical (unpaired) electrons. The molecule has 7 heteroatoms. The molecule has 118 valence electrons. The molecule has 2 aromatic rings. The molecule has 0 saturated carbocycles. The third kappa shape index (κ3) is 3.28. The molecule has 3 rings (SSSR count). The van der Waals surface area contributed by atoms with Crippen molar-refractivity contribution in [2.45, 2.75) is 6.42 Å². The van der Waals surface area contributed by atoms with Gasteiger partial charge in [-0.25, -0.2) is 14.8 Å². The third-order valence-corrected chi connectivity index (χ3v) is 3.73. The van der Waals surface area contributed by atoms with Gasteiger partial charge in [0, 0.05) is 43.5 Å². The molecular weight excluding hydrogens is 296 g/mol. The van der Waals surface area contributed by atoms with Crippen molar-refractivity contribution in [3.05, 3.63) is 48.4 Å². The van der Waals surface area contributed by atoms with E-state index in [2.05, 4.69) is 15.3 Å².